The second kappa shape index (κ2) is 7.68. The van der Waals surface area contributed by atoms with E-state index in [0.29, 0.717) is 40.4 Å². The number of carbonyl (C=O) groups excluding carboxylic acids is 2. The Balaban J connectivity index is 0.000000342. The summed E-state index contributed by atoms with van der Waals surface area (Å²) in [5.74, 6) is 0.198. The largest absolute Gasteiger partial charge is 0.508 e. The molecule has 1 spiro atoms. The highest BCUT2D eigenvalue weighted by atomic mass is 16.6. The lowest BCUT2D eigenvalue weighted by molar-refractivity contribution is -0.140. The summed E-state index contributed by atoms with van der Waals surface area (Å²) in [7, 11) is 0. The maximum Gasteiger partial charge on any atom is 0.340 e. The van der Waals surface area contributed by atoms with Gasteiger partial charge in [0.15, 0.2) is 5.60 Å². The molecule has 0 fully saturated rings. The molecule has 0 amide bonds. The number of phenolic OH excluding ortho intramolecular Hbond substituents is 2. The molecule has 31 heavy (non-hydrogen) atoms. The second-order valence-corrected chi connectivity index (χ2v) is 7.00. The van der Waals surface area contributed by atoms with Crippen molar-refractivity contribution in [1.29, 1.82) is 0 Å². The van der Waals surface area contributed by atoms with Crippen LogP contribution in [-0.4, -0.2) is 28.8 Å². The van der Waals surface area contributed by atoms with E-state index >= 15 is 0 Å². The number of rotatable bonds is 1. The summed E-state index contributed by atoms with van der Waals surface area (Å²) in [6.07, 6.45) is 0. The number of benzene rings is 3. The predicted octanol–water partition coefficient (Wildman–Crippen LogP) is 4.24. The number of fused-ring (bicyclic) bond motifs is 6. The van der Waals surface area contributed by atoms with E-state index in [9.17, 15) is 19.8 Å². The van der Waals surface area contributed by atoms with Gasteiger partial charge in [0.1, 0.15) is 23.0 Å². The predicted molar refractivity (Wildman–Crippen MR) is 110 cm³/mol. The van der Waals surface area contributed by atoms with Gasteiger partial charge in [-0.3, -0.25) is 4.79 Å². The third-order valence-corrected chi connectivity index (χ3v) is 5.03. The monoisotopic (exact) mass is 420 g/mol. The first kappa shape index (κ1) is 20.3. The van der Waals surface area contributed by atoms with Gasteiger partial charge in [0, 0.05) is 35.7 Å². The molecule has 5 rings (SSSR count). The minimum absolute atomic E-state index is 0.0371. The maximum atomic E-state index is 12.5. The lowest BCUT2D eigenvalue weighted by Crippen LogP contribution is -2.32. The average Bonchev–Trinajstić information content (AvgIpc) is 3.01. The van der Waals surface area contributed by atoms with Gasteiger partial charge in [-0.25, -0.2) is 4.79 Å². The molecule has 3 aromatic rings. The zero-order valence-electron chi connectivity index (χ0n) is 16.9. The van der Waals surface area contributed by atoms with E-state index in [4.69, 9.17) is 9.47 Å². The summed E-state index contributed by atoms with van der Waals surface area (Å²) in [5, 5.41) is 19.7. The van der Waals surface area contributed by atoms with Crippen molar-refractivity contribution in [2.24, 2.45) is 0 Å². The third-order valence-electron chi connectivity index (χ3n) is 5.03. The van der Waals surface area contributed by atoms with Gasteiger partial charge in [0.25, 0.3) is 0 Å². The number of esters is 2. The molecule has 0 atom stereocenters. The molecule has 2 heterocycles. The summed E-state index contributed by atoms with van der Waals surface area (Å²) < 4.78 is 16.2. The quantitative estimate of drug-likeness (QED) is 0.568. The van der Waals surface area contributed by atoms with E-state index in [1.54, 1.807) is 31.2 Å². The zero-order valence-corrected chi connectivity index (χ0v) is 16.9. The van der Waals surface area contributed by atoms with E-state index in [1.165, 1.54) is 31.2 Å². The van der Waals surface area contributed by atoms with E-state index in [1.807, 2.05) is 12.1 Å². The van der Waals surface area contributed by atoms with Crippen molar-refractivity contribution in [2.75, 3.05) is 6.61 Å². The fraction of sp³-hybridized carbons (Fsp3) is 0.167. The van der Waals surface area contributed by atoms with E-state index < -0.39 is 11.6 Å². The minimum Gasteiger partial charge on any atom is -0.508 e. The summed E-state index contributed by atoms with van der Waals surface area (Å²) in [4.78, 5) is 22.4. The average molecular weight is 420 g/mol. The van der Waals surface area contributed by atoms with Gasteiger partial charge in [0.2, 0.25) is 0 Å². The van der Waals surface area contributed by atoms with Crippen LogP contribution in [0.5, 0.6) is 23.0 Å². The van der Waals surface area contributed by atoms with Crippen LogP contribution < -0.4 is 4.74 Å². The first-order chi connectivity index (χ1) is 14.9. The molecule has 2 aliphatic heterocycles. The van der Waals surface area contributed by atoms with Crippen molar-refractivity contribution in [3.8, 4) is 23.0 Å². The van der Waals surface area contributed by atoms with Crippen LogP contribution in [0.15, 0.2) is 60.7 Å². The van der Waals surface area contributed by atoms with E-state index in [-0.39, 0.29) is 17.5 Å². The fourth-order valence-electron chi connectivity index (χ4n) is 3.86. The van der Waals surface area contributed by atoms with Gasteiger partial charge < -0.3 is 24.4 Å². The number of hydrogen-bond donors (Lipinski definition) is 2. The first-order valence-electron chi connectivity index (χ1n) is 9.68. The lowest BCUT2D eigenvalue weighted by atomic mass is 9.77. The van der Waals surface area contributed by atoms with Gasteiger partial charge in [0.05, 0.1) is 12.2 Å². The number of phenols is 2. The van der Waals surface area contributed by atoms with E-state index in [0.717, 1.165) is 0 Å². The summed E-state index contributed by atoms with van der Waals surface area (Å²) >= 11 is 0. The summed E-state index contributed by atoms with van der Waals surface area (Å²) in [6, 6.07) is 16.6. The highest BCUT2D eigenvalue weighted by molar-refractivity contribution is 5.97. The zero-order chi connectivity index (χ0) is 22.2. The molecule has 0 unspecified atom stereocenters. The number of carbonyl (C=O) groups is 2. The molecular formula is C24H20O7. The Kier molecular flexibility index (Phi) is 5.02. The van der Waals surface area contributed by atoms with Gasteiger partial charge in [-0.15, -0.1) is 0 Å². The Morgan fingerprint density at radius 1 is 0.935 bits per heavy atom. The molecule has 7 heteroatoms. The number of aromatic hydroxyl groups is 2. The van der Waals surface area contributed by atoms with Crippen molar-refractivity contribution in [3.63, 3.8) is 0 Å². The van der Waals surface area contributed by atoms with Gasteiger partial charge in [-0.1, -0.05) is 18.2 Å². The standard InChI is InChI=1S/C20H12O5.C4H8O2/c21-11-5-7-15-17(9-11)24-18-10-12(22)6-8-16(18)20(15)14-4-2-1-3-13(14)19(23)25-20;1-3-6-4(2)5/h1-10,21-22H;3H2,1-2H3. The Bertz CT molecular complexity index is 1130. The van der Waals surface area contributed by atoms with Crippen LogP contribution in [0.3, 0.4) is 0 Å². The van der Waals surface area contributed by atoms with Crippen LogP contribution in [0, 0.1) is 0 Å². The molecule has 158 valence electrons. The molecule has 0 aliphatic carbocycles. The Hall–Kier alpha value is -4.00. The van der Waals surface area contributed by atoms with Crippen LogP contribution in [-0.2, 0) is 19.9 Å². The second-order valence-electron chi connectivity index (χ2n) is 7.00. The molecular weight excluding hydrogens is 400 g/mol. The van der Waals surface area contributed by atoms with Crippen molar-refractivity contribution in [1.82, 2.24) is 0 Å². The van der Waals surface area contributed by atoms with Crippen LogP contribution in [0.2, 0.25) is 0 Å². The van der Waals surface area contributed by atoms with Gasteiger partial charge in [-0.05, 0) is 37.3 Å². The van der Waals surface area contributed by atoms with Gasteiger partial charge >= 0.3 is 11.9 Å². The number of ether oxygens (including phenoxy) is 3. The Morgan fingerprint density at radius 3 is 2.03 bits per heavy atom. The molecule has 0 saturated carbocycles. The molecule has 0 bridgehead atoms. The Labute approximate surface area is 178 Å². The third kappa shape index (κ3) is 3.34. The fourth-order valence-corrected chi connectivity index (χ4v) is 3.86. The van der Waals surface area contributed by atoms with Crippen LogP contribution >= 0.6 is 0 Å². The molecule has 3 aromatic carbocycles. The molecule has 2 N–H and O–H groups in total. The molecule has 0 radical (unpaired) electrons. The normalized spacial score (nSPS) is 14.2. The van der Waals surface area contributed by atoms with Crippen molar-refractivity contribution in [3.05, 3.63) is 82.9 Å². The number of hydrogen-bond acceptors (Lipinski definition) is 7. The highest BCUT2D eigenvalue weighted by Gasteiger charge is 2.53. The summed E-state index contributed by atoms with van der Waals surface area (Å²) in [5.41, 5.74) is 1.28. The highest BCUT2D eigenvalue weighted by Crippen LogP contribution is 2.56. The lowest BCUT2D eigenvalue weighted by Gasteiger charge is -2.36. The molecule has 2 aliphatic rings. The molecule has 7 nitrogen and oxygen atoms in total. The smallest absolute Gasteiger partial charge is 0.340 e. The van der Waals surface area contributed by atoms with Crippen LogP contribution in [0.25, 0.3) is 0 Å². The van der Waals surface area contributed by atoms with Crippen LogP contribution in [0.1, 0.15) is 40.9 Å². The van der Waals surface area contributed by atoms with Crippen molar-refractivity contribution >= 4 is 11.9 Å². The van der Waals surface area contributed by atoms with Crippen molar-refractivity contribution < 1.29 is 34.0 Å². The van der Waals surface area contributed by atoms with E-state index in [2.05, 4.69) is 4.74 Å². The minimum atomic E-state index is -1.17. The van der Waals surface area contributed by atoms with Crippen molar-refractivity contribution in [2.45, 2.75) is 19.4 Å². The van der Waals surface area contributed by atoms with Crippen LogP contribution in [0.4, 0.5) is 0 Å². The summed E-state index contributed by atoms with van der Waals surface area (Å²) in [6.45, 7) is 3.65. The topological polar surface area (TPSA) is 102 Å². The van der Waals surface area contributed by atoms with Gasteiger partial charge in [-0.2, -0.15) is 0 Å². The molecule has 0 saturated heterocycles. The first-order valence-corrected chi connectivity index (χ1v) is 9.68. The maximum absolute atomic E-state index is 12.5. The Morgan fingerprint density at radius 2 is 1.52 bits per heavy atom. The SMILES string of the molecule is CCOC(C)=O.O=C1OC2(c3ccc(O)cc3Oc3cc(O)ccc32)c2ccccc21. The molecule has 0 aromatic heterocycles.